The highest BCUT2D eigenvalue weighted by Gasteiger charge is 2.41. The van der Waals surface area contributed by atoms with Gasteiger partial charge in [0, 0.05) is 59.2 Å². The topological polar surface area (TPSA) is 33.2 Å². The summed E-state index contributed by atoms with van der Waals surface area (Å²) in [5.74, 6) is 2.31. The third-order valence-corrected chi connectivity index (χ3v) is 14.3. The van der Waals surface area contributed by atoms with Crippen molar-refractivity contribution in [3.05, 3.63) is 218 Å². The summed E-state index contributed by atoms with van der Waals surface area (Å²) >= 11 is 0. The van der Waals surface area contributed by atoms with E-state index in [1.807, 2.05) is 0 Å². The van der Waals surface area contributed by atoms with Crippen molar-refractivity contribution >= 4 is 88.5 Å². The molecule has 13 aromatic rings. The van der Waals surface area contributed by atoms with E-state index in [0.717, 1.165) is 77.7 Å². The Bertz CT molecular complexity index is 4230. The van der Waals surface area contributed by atoms with Crippen LogP contribution in [0, 0.1) is 6.85 Å². The lowest BCUT2D eigenvalue weighted by atomic mass is 9.35. The first-order valence-electron chi connectivity index (χ1n) is 24.3. The molecule has 0 amide bonds. The van der Waals surface area contributed by atoms with Gasteiger partial charge >= 0.3 is 0 Å². The normalized spacial score (nSPS) is 13.6. The number of hydrogen-bond acceptors (Lipinski definition) is 2. The quantitative estimate of drug-likeness (QED) is 0.165. The Labute approximate surface area is 390 Å². The van der Waals surface area contributed by atoms with E-state index in [0.29, 0.717) is 23.0 Å². The number of ether oxygens (including phenoxy) is 2. The Kier molecular flexibility index (Phi) is 6.87. The van der Waals surface area contributed by atoms with Crippen molar-refractivity contribution in [3.8, 4) is 51.2 Å². The number of nitrogens with zero attached hydrogens (tertiary/aromatic N) is 3. The maximum absolute atomic E-state index is 8.55. The number of rotatable bonds is 4. The molecular formula is C61H38BN3O2. The third-order valence-electron chi connectivity index (χ3n) is 14.3. The molecule has 0 saturated heterocycles. The first kappa shape index (κ1) is 33.7. The fraction of sp³-hybridized carbons (Fsp3) is 0.0164. The Balaban J connectivity index is 0.968. The molecule has 10 aromatic carbocycles. The predicted octanol–water partition coefficient (Wildman–Crippen LogP) is 13.7. The number of fused-ring (bicyclic) bond motifs is 13. The summed E-state index contributed by atoms with van der Waals surface area (Å²) in [4.78, 5) is 0. The standard InChI is InChI=1S/C61H38BN3O2/c1-37-33-58-60-59(34-37)67-57-36-39(63-49-22-8-2-15-41(49)42-16-3-9-23-50(42)63)30-32-48(57)62(60)47-31-29-38(35-56(47)66-58)40-21-14-28-55(64-51-24-10-4-17-43(51)44-18-5-11-25-52(44)64)61(40)65-53-26-12-6-19-45(53)46-20-7-13-27-54(46)65/h2-36H,1H3/i1D3. The SMILES string of the molecule is [2H]C([2H])([2H])c1cc2c3c(c1)Oc1cc(-n4c5ccccc5c5ccccc54)ccc1B3c1ccc(-c3cccc(-n4c5ccccc5c5ccccc54)c3-n3c4ccccc4c4ccccc43)cc1O2. The van der Waals surface area contributed by atoms with E-state index in [4.69, 9.17) is 13.6 Å². The lowest BCUT2D eigenvalue weighted by Gasteiger charge is -2.33. The fourth-order valence-corrected chi connectivity index (χ4v) is 11.5. The zero-order valence-electron chi connectivity index (χ0n) is 38.9. The van der Waals surface area contributed by atoms with Gasteiger partial charge in [-0.15, -0.1) is 0 Å². The van der Waals surface area contributed by atoms with Gasteiger partial charge in [-0.1, -0.05) is 140 Å². The summed E-state index contributed by atoms with van der Waals surface area (Å²) in [7, 11) is 0. The lowest BCUT2D eigenvalue weighted by Crippen LogP contribution is -2.57. The third kappa shape index (κ3) is 5.10. The van der Waals surface area contributed by atoms with Gasteiger partial charge in [-0.05, 0) is 95.6 Å². The van der Waals surface area contributed by atoms with Crippen LogP contribution in [0.4, 0.5) is 0 Å². The highest BCUT2D eigenvalue weighted by Crippen LogP contribution is 2.44. The molecule has 3 aromatic heterocycles. The minimum Gasteiger partial charge on any atom is -0.458 e. The molecule has 0 fully saturated rings. The Morgan fingerprint density at radius 2 is 0.836 bits per heavy atom. The Morgan fingerprint density at radius 1 is 0.388 bits per heavy atom. The predicted molar refractivity (Wildman–Crippen MR) is 277 cm³/mol. The van der Waals surface area contributed by atoms with Crippen LogP contribution in [0.25, 0.3) is 93.6 Å². The first-order chi connectivity index (χ1) is 34.4. The van der Waals surface area contributed by atoms with Crippen LogP contribution >= 0.6 is 0 Å². The highest BCUT2D eigenvalue weighted by molar-refractivity contribution is 6.98. The molecule has 0 aliphatic carbocycles. The van der Waals surface area contributed by atoms with Crippen molar-refractivity contribution in [3.63, 3.8) is 0 Å². The fourth-order valence-electron chi connectivity index (χ4n) is 11.5. The van der Waals surface area contributed by atoms with Crippen LogP contribution in [0.5, 0.6) is 23.0 Å². The number of aryl methyl sites for hydroxylation is 1. The van der Waals surface area contributed by atoms with Gasteiger partial charge in [0.1, 0.15) is 23.0 Å². The van der Waals surface area contributed by atoms with Gasteiger partial charge in [-0.2, -0.15) is 0 Å². The van der Waals surface area contributed by atoms with Gasteiger partial charge in [0.25, 0.3) is 6.71 Å². The molecule has 0 radical (unpaired) electrons. The molecule has 0 spiro atoms. The van der Waals surface area contributed by atoms with Crippen molar-refractivity contribution in [2.75, 3.05) is 0 Å². The summed E-state index contributed by atoms with van der Waals surface area (Å²) in [6, 6.07) is 74.4. The van der Waals surface area contributed by atoms with Crippen molar-refractivity contribution in [1.82, 2.24) is 13.7 Å². The maximum Gasteiger partial charge on any atom is 0.260 e. The average molecular weight is 859 g/mol. The summed E-state index contributed by atoms with van der Waals surface area (Å²) in [6.45, 7) is -2.68. The van der Waals surface area contributed by atoms with Crippen LogP contribution in [-0.2, 0) is 0 Å². The second-order valence-electron chi connectivity index (χ2n) is 17.8. The molecule has 2 aliphatic heterocycles. The number of benzene rings is 10. The van der Waals surface area contributed by atoms with Gasteiger partial charge in [-0.25, -0.2) is 0 Å². The maximum atomic E-state index is 8.55. The molecule has 312 valence electrons. The zero-order valence-corrected chi connectivity index (χ0v) is 35.9. The molecule has 15 rings (SSSR count). The van der Waals surface area contributed by atoms with E-state index in [2.05, 4.69) is 214 Å². The van der Waals surface area contributed by atoms with E-state index in [1.165, 1.54) is 32.3 Å². The largest absolute Gasteiger partial charge is 0.458 e. The summed E-state index contributed by atoms with van der Waals surface area (Å²) in [6.07, 6.45) is 0. The first-order valence-corrected chi connectivity index (χ1v) is 22.8. The monoisotopic (exact) mass is 858 g/mol. The number of aromatic nitrogens is 3. The summed E-state index contributed by atoms with van der Waals surface area (Å²) in [5.41, 5.74) is 14.6. The number of para-hydroxylation sites is 7. The van der Waals surface area contributed by atoms with Crippen molar-refractivity contribution < 1.29 is 13.6 Å². The number of hydrogen-bond donors (Lipinski definition) is 0. The van der Waals surface area contributed by atoms with Gasteiger partial charge in [-0.3, -0.25) is 0 Å². The van der Waals surface area contributed by atoms with E-state index in [9.17, 15) is 0 Å². The second-order valence-corrected chi connectivity index (χ2v) is 17.8. The molecular weight excluding hydrogens is 818 g/mol. The summed E-state index contributed by atoms with van der Waals surface area (Å²) < 4.78 is 46.5. The van der Waals surface area contributed by atoms with Crippen LogP contribution in [-0.4, -0.2) is 20.4 Å². The minimum absolute atomic E-state index is 0.161. The van der Waals surface area contributed by atoms with Gasteiger partial charge in [0.05, 0.1) is 44.5 Å². The van der Waals surface area contributed by atoms with Crippen LogP contribution in [0.1, 0.15) is 9.68 Å². The average Bonchev–Trinajstić information content (AvgIpc) is 4.03. The van der Waals surface area contributed by atoms with Crippen molar-refractivity contribution in [1.29, 1.82) is 0 Å². The van der Waals surface area contributed by atoms with Crippen LogP contribution < -0.4 is 25.9 Å². The molecule has 0 saturated carbocycles. The van der Waals surface area contributed by atoms with Gasteiger partial charge in [0.15, 0.2) is 0 Å². The molecule has 5 nitrogen and oxygen atoms in total. The van der Waals surface area contributed by atoms with Gasteiger partial charge < -0.3 is 23.2 Å². The molecule has 0 atom stereocenters. The smallest absolute Gasteiger partial charge is 0.260 e. The highest BCUT2D eigenvalue weighted by atomic mass is 16.5. The molecule has 0 unspecified atom stereocenters. The molecule has 2 aliphatic rings. The van der Waals surface area contributed by atoms with Crippen LogP contribution in [0.15, 0.2) is 212 Å². The van der Waals surface area contributed by atoms with Crippen molar-refractivity contribution in [2.45, 2.75) is 6.85 Å². The molecule has 5 heterocycles. The van der Waals surface area contributed by atoms with E-state index in [-0.39, 0.29) is 12.3 Å². The van der Waals surface area contributed by atoms with Crippen molar-refractivity contribution in [2.24, 2.45) is 0 Å². The summed E-state index contributed by atoms with van der Waals surface area (Å²) in [5, 5.41) is 7.06. The Morgan fingerprint density at radius 3 is 1.34 bits per heavy atom. The van der Waals surface area contributed by atoms with E-state index >= 15 is 0 Å². The Hall–Kier alpha value is -8.74. The molecule has 6 heteroatoms. The van der Waals surface area contributed by atoms with E-state index < -0.39 is 6.85 Å². The van der Waals surface area contributed by atoms with Crippen LogP contribution in [0.2, 0.25) is 0 Å². The van der Waals surface area contributed by atoms with Gasteiger partial charge in [0.2, 0.25) is 0 Å². The molecule has 67 heavy (non-hydrogen) atoms. The zero-order chi connectivity index (χ0) is 46.4. The second kappa shape index (κ2) is 13.6. The van der Waals surface area contributed by atoms with E-state index in [1.54, 1.807) is 12.1 Å². The minimum atomic E-state index is -2.40. The molecule has 0 N–H and O–H groups in total. The van der Waals surface area contributed by atoms with Crippen LogP contribution in [0.3, 0.4) is 0 Å². The molecule has 0 bridgehead atoms. The lowest BCUT2D eigenvalue weighted by molar-refractivity contribution is 0.464.